The Balaban J connectivity index is 1.67. The first-order valence-corrected chi connectivity index (χ1v) is 13.8. The summed E-state index contributed by atoms with van der Waals surface area (Å²) in [5.74, 6) is -2.58. The van der Waals surface area contributed by atoms with Crippen LogP contribution in [0.2, 0.25) is 5.02 Å². The van der Waals surface area contributed by atoms with Crippen LogP contribution in [0.3, 0.4) is 0 Å². The normalized spacial score (nSPS) is 22.9. The SMILES string of the molecule is COC(=O)c1ccc(NC(=O)[C@@H]2N[C@@H](CC(C)(C)C)[C@@]3(C(=O)Nc4ncccc43)[C@H]2c2cccc(Cl)c2F)c(OC)c1. The van der Waals surface area contributed by atoms with E-state index >= 15 is 4.39 Å². The zero-order chi connectivity index (χ0) is 30.4. The molecule has 2 aliphatic rings. The number of carbonyl (C=O) groups excluding carboxylic acids is 3. The number of carbonyl (C=O) groups is 3. The van der Waals surface area contributed by atoms with Crippen molar-refractivity contribution in [3.8, 4) is 5.75 Å². The molecule has 1 saturated heterocycles. The number of halogens is 2. The maximum Gasteiger partial charge on any atom is 0.337 e. The van der Waals surface area contributed by atoms with E-state index in [-0.39, 0.29) is 38.9 Å². The monoisotopic (exact) mass is 594 g/mol. The number of methoxy groups -OCH3 is 2. The standard InChI is InChI=1S/C31H32ClFN4O5/c1-30(2,3)15-22-31(18-9-7-13-34-26(18)37-29(31)40)23(17-8-6-10-19(32)24(17)33)25(36-22)27(38)35-20-12-11-16(28(39)42-5)14-21(20)41-4/h6-14,22-23,25,36H,15H2,1-5H3,(H,35,38)(H,34,37,40)/t22-,23-,25+,31+/m0/s1. The quantitative estimate of drug-likeness (QED) is 0.341. The topological polar surface area (TPSA) is 119 Å². The molecule has 0 aliphatic carbocycles. The predicted molar refractivity (Wildman–Crippen MR) is 156 cm³/mol. The highest BCUT2D eigenvalue weighted by molar-refractivity contribution is 6.30. The molecule has 42 heavy (non-hydrogen) atoms. The first kappa shape index (κ1) is 29.5. The van der Waals surface area contributed by atoms with Crippen molar-refractivity contribution in [3.63, 3.8) is 0 Å². The smallest absolute Gasteiger partial charge is 0.337 e. The molecule has 1 spiro atoms. The summed E-state index contributed by atoms with van der Waals surface area (Å²) in [4.78, 5) is 44.8. The summed E-state index contributed by atoms with van der Waals surface area (Å²) in [5.41, 5.74) is -0.424. The molecule has 0 unspecified atom stereocenters. The molecule has 9 nitrogen and oxygen atoms in total. The molecular formula is C31H32ClFN4O5. The number of hydrogen-bond acceptors (Lipinski definition) is 7. The fourth-order valence-corrected chi connectivity index (χ4v) is 6.43. The van der Waals surface area contributed by atoms with Gasteiger partial charge in [0.05, 0.1) is 36.5 Å². The fourth-order valence-electron chi connectivity index (χ4n) is 6.25. The lowest BCUT2D eigenvalue weighted by Crippen LogP contribution is -2.49. The van der Waals surface area contributed by atoms with Gasteiger partial charge in [0.25, 0.3) is 0 Å². The lowest BCUT2D eigenvalue weighted by molar-refractivity contribution is -0.122. The van der Waals surface area contributed by atoms with Crippen LogP contribution >= 0.6 is 11.6 Å². The van der Waals surface area contributed by atoms with Crippen LogP contribution < -0.4 is 20.7 Å². The molecule has 0 bridgehead atoms. The second kappa shape index (κ2) is 11.0. The molecule has 3 heterocycles. The third-order valence-corrected chi connectivity index (χ3v) is 8.20. The molecule has 0 radical (unpaired) electrons. The Hall–Kier alpha value is -4.02. The van der Waals surface area contributed by atoms with E-state index in [0.717, 1.165) is 0 Å². The molecule has 4 atom stereocenters. The van der Waals surface area contributed by atoms with Crippen molar-refractivity contribution in [1.82, 2.24) is 10.3 Å². The van der Waals surface area contributed by atoms with Crippen molar-refractivity contribution in [1.29, 1.82) is 0 Å². The van der Waals surface area contributed by atoms with Crippen LogP contribution in [0.15, 0.2) is 54.7 Å². The van der Waals surface area contributed by atoms with Crippen molar-refractivity contribution in [3.05, 3.63) is 82.3 Å². The Morgan fingerprint density at radius 2 is 1.90 bits per heavy atom. The van der Waals surface area contributed by atoms with E-state index in [0.29, 0.717) is 17.8 Å². The summed E-state index contributed by atoms with van der Waals surface area (Å²) < 4.78 is 26.1. The molecule has 3 N–H and O–H groups in total. The number of pyridine rings is 1. The number of aromatic nitrogens is 1. The Morgan fingerprint density at radius 1 is 1.14 bits per heavy atom. The van der Waals surface area contributed by atoms with E-state index in [1.165, 1.54) is 38.5 Å². The molecule has 0 saturated carbocycles. The van der Waals surface area contributed by atoms with Gasteiger partial charge < -0.3 is 25.4 Å². The molecule has 1 fully saturated rings. The van der Waals surface area contributed by atoms with Gasteiger partial charge in [0.1, 0.15) is 22.8 Å². The van der Waals surface area contributed by atoms with Crippen LogP contribution in [0.4, 0.5) is 15.9 Å². The summed E-state index contributed by atoms with van der Waals surface area (Å²) in [6.07, 6.45) is 2.05. The largest absolute Gasteiger partial charge is 0.495 e. The van der Waals surface area contributed by atoms with E-state index in [9.17, 15) is 14.4 Å². The van der Waals surface area contributed by atoms with Crippen LogP contribution in [0.25, 0.3) is 0 Å². The molecule has 2 amide bonds. The fraction of sp³-hybridized carbons (Fsp3) is 0.355. The minimum atomic E-state index is -1.39. The van der Waals surface area contributed by atoms with Crippen LogP contribution in [0.1, 0.15) is 54.6 Å². The van der Waals surface area contributed by atoms with Gasteiger partial charge in [-0.1, -0.05) is 50.6 Å². The highest BCUT2D eigenvalue weighted by atomic mass is 35.5. The van der Waals surface area contributed by atoms with Gasteiger partial charge in [-0.3, -0.25) is 9.59 Å². The van der Waals surface area contributed by atoms with Crippen molar-refractivity contribution in [2.75, 3.05) is 24.9 Å². The van der Waals surface area contributed by atoms with Crippen LogP contribution in [-0.4, -0.2) is 49.1 Å². The van der Waals surface area contributed by atoms with Gasteiger partial charge >= 0.3 is 5.97 Å². The number of fused-ring (bicyclic) bond motifs is 2. The van der Waals surface area contributed by atoms with Gasteiger partial charge in [0.15, 0.2) is 0 Å². The average molecular weight is 595 g/mol. The third-order valence-electron chi connectivity index (χ3n) is 7.91. The van der Waals surface area contributed by atoms with Gasteiger partial charge in [0.2, 0.25) is 11.8 Å². The number of esters is 1. The Kier molecular flexibility index (Phi) is 7.72. The molecule has 11 heteroatoms. The Bertz CT molecular complexity index is 1580. The highest BCUT2D eigenvalue weighted by Crippen LogP contribution is 2.56. The summed E-state index contributed by atoms with van der Waals surface area (Å²) in [5, 5.41) is 9.06. The van der Waals surface area contributed by atoms with E-state index in [1.807, 2.05) is 20.8 Å². The molecular weight excluding hydrogens is 563 g/mol. The lowest BCUT2D eigenvalue weighted by atomic mass is 9.62. The van der Waals surface area contributed by atoms with E-state index in [2.05, 4.69) is 20.9 Å². The van der Waals surface area contributed by atoms with Crippen LogP contribution in [0.5, 0.6) is 5.75 Å². The molecule has 3 aromatic rings. The molecule has 2 aromatic carbocycles. The van der Waals surface area contributed by atoms with Gasteiger partial charge in [0, 0.05) is 23.7 Å². The van der Waals surface area contributed by atoms with Crippen molar-refractivity contribution in [2.24, 2.45) is 5.41 Å². The minimum absolute atomic E-state index is 0.119. The Labute approximate surface area is 248 Å². The summed E-state index contributed by atoms with van der Waals surface area (Å²) in [7, 11) is 2.67. The van der Waals surface area contributed by atoms with Gasteiger partial charge in [-0.15, -0.1) is 0 Å². The van der Waals surface area contributed by atoms with Crippen molar-refractivity contribution >= 4 is 40.9 Å². The van der Waals surface area contributed by atoms with E-state index < -0.39 is 41.1 Å². The Morgan fingerprint density at radius 3 is 2.60 bits per heavy atom. The summed E-state index contributed by atoms with van der Waals surface area (Å²) >= 11 is 6.25. The van der Waals surface area contributed by atoms with Crippen molar-refractivity contribution < 1.29 is 28.2 Å². The average Bonchev–Trinajstić information content (AvgIpc) is 3.44. The van der Waals surface area contributed by atoms with E-state index in [1.54, 1.807) is 30.5 Å². The first-order valence-electron chi connectivity index (χ1n) is 13.5. The first-order chi connectivity index (χ1) is 19.9. The van der Waals surface area contributed by atoms with Gasteiger partial charge in [-0.05, 0) is 47.7 Å². The molecule has 220 valence electrons. The number of nitrogens with one attached hydrogen (secondary N) is 3. The van der Waals surface area contributed by atoms with Crippen molar-refractivity contribution in [2.45, 2.75) is 50.6 Å². The summed E-state index contributed by atoms with van der Waals surface area (Å²) in [6.45, 7) is 6.11. The van der Waals surface area contributed by atoms with Gasteiger partial charge in [-0.2, -0.15) is 0 Å². The van der Waals surface area contributed by atoms with E-state index in [4.69, 9.17) is 21.1 Å². The number of ether oxygens (including phenoxy) is 2. The minimum Gasteiger partial charge on any atom is -0.495 e. The number of hydrogen-bond donors (Lipinski definition) is 3. The molecule has 5 rings (SSSR count). The number of rotatable bonds is 6. The molecule has 2 aliphatic heterocycles. The van der Waals surface area contributed by atoms with Crippen LogP contribution in [-0.2, 0) is 19.7 Å². The number of benzene rings is 2. The zero-order valence-corrected chi connectivity index (χ0v) is 24.6. The highest BCUT2D eigenvalue weighted by Gasteiger charge is 2.66. The zero-order valence-electron chi connectivity index (χ0n) is 23.9. The number of anilines is 2. The summed E-state index contributed by atoms with van der Waals surface area (Å²) in [6, 6.07) is 10.9. The maximum absolute atomic E-state index is 15.9. The predicted octanol–water partition coefficient (Wildman–Crippen LogP) is 5.06. The second-order valence-electron chi connectivity index (χ2n) is 11.7. The third kappa shape index (κ3) is 4.88. The number of nitrogens with zero attached hydrogens (tertiary/aromatic N) is 1. The second-order valence-corrected chi connectivity index (χ2v) is 12.1. The lowest BCUT2D eigenvalue weighted by Gasteiger charge is -2.37. The maximum atomic E-state index is 15.9. The van der Waals surface area contributed by atoms with Gasteiger partial charge in [-0.25, -0.2) is 14.2 Å². The van der Waals surface area contributed by atoms with Crippen LogP contribution in [0, 0.1) is 11.2 Å². The molecule has 1 aromatic heterocycles. The number of amides is 2.